The van der Waals surface area contributed by atoms with Crippen molar-refractivity contribution in [3.05, 3.63) is 71.0 Å². The summed E-state index contributed by atoms with van der Waals surface area (Å²) < 4.78 is 19.0. The first-order chi connectivity index (χ1) is 13.7. The van der Waals surface area contributed by atoms with E-state index in [4.69, 9.17) is 4.74 Å². The molecule has 2 aromatic carbocycles. The second kappa shape index (κ2) is 11.4. The molecular formula is C22H29Cl2FN2O3. The second-order valence-electron chi connectivity index (χ2n) is 7.62. The average Bonchev–Trinajstić information content (AvgIpc) is 3.04. The molecule has 0 aromatic heterocycles. The predicted molar refractivity (Wildman–Crippen MR) is 119 cm³/mol. The minimum Gasteiger partial charge on any atom is -0.394 e. The van der Waals surface area contributed by atoms with Gasteiger partial charge in [-0.05, 0) is 35.2 Å². The van der Waals surface area contributed by atoms with Gasteiger partial charge < -0.3 is 20.3 Å². The Kier molecular flexibility index (Phi) is 9.50. The van der Waals surface area contributed by atoms with Crippen LogP contribution < -0.4 is 5.32 Å². The highest BCUT2D eigenvalue weighted by molar-refractivity contribution is 5.85. The van der Waals surface area contributed by atoms with Crippen molar-refractivity contribution in [3.8, 4) is 0 Å². The summed E-state index contributed by atoms with van der Waals surface area (Å²) in [7, 11) is 0. The van der Waals surface area contributed by atoms with Gasteiger partial charge in [0.05, 0.1) is 18.8 Å². The molecule has 0 unspecified atom stereocenters. The molecule has 1 fully saturated rings. The number of halogens is 3. The van der Waals surface area contributed by atoms with E-state index in [2.05, 4.69) is 28.4 Å². The molecular weight excluding hydrogens is 430 g/mol. The lowest BCUT2D eigenvalue weighted by molar-refractivity contribution is -0.0213. The van der Waals surface area contributed by atoms with Gasteiger partial charge in [0.15, 0.2) is 0 Å². The molecule has 5 nitrogen and oxygen atoms in total. The van der Waals surface area contributed by atoms with Crippen LogP contribution in [0.5, 0.6) is 0 Å². The Morgan fingerprint density at radius 2 is 1.73 bits per heavy atom. The fraction of sp³-hybridized carbons (Fsp3) is 0.455. The zero-order valence-electron chi connectivity index (χ0n) is 16.6. The molecule has 0 spiro atoms. The van der Waals surface area contributed by atoms with E-state index in [1.54, 1.807) is 12.1 Å². The van der Waals surface area contributed by atoms with Crippen LogP contribution in [0.15, 0.2) is 48.5 Å². The maximum Gasteiger partial charge on any atom is 0.123 e. The van der Waals surface area contributed by atoms with Crippen molar-refractivity contribution in [3.63, 3.8) is 0 Å². The second-order valence-corrected chi connectivity index (χ2v) is 7.62. The molecule has 2 aliphatic heterocycles. The predicted octanol–water partition coefficient (Wildman–Crippen LogP) is 2.31. The highest BCUT2D eigenvalue weighted by atomic mass is 35.5. The summed E-state index contributed by atoms with van der Waals surface area (Å²) in [5, 5.41) is 23.7. The lowest BCUT2D eigenvalue weighted by Gasteiger charge is -2.37. The Morgan fingerprint density at radius 3 is 2.43 bits per heavy atom. The van der Waals surface area contributed by atoms with Crippen LogP contribution in [-0.4, -0.2) is 59.2 Å². The van der Waals surface area contributed by atoms with E-state index in [9.17, 15) is 14.6 Å². The number of aliphatic hydroxyl groups excluding tert-OH is 2. The van der Waals surface area contributed by atoms with Gasteiger partial charge in [-0.3, -0.25) is 4.90 Å². The third-order valence-corrected chi connectivity index (χ3v) is 5.81. The van der Waals surface area contributed by atoms with Crippen LogP contribution in [0.2, 0.25) is 0 Å². The van der Waals surface area contributed by atoms with E-state index in [1.807, 2.05) is 6.07 Å². The highest BCUT2D eigenvalue weighted by Gasteiger charge is 2.46. The van der Waals surface area contributed by atoms with Crippen molar-refractivity contribution in [2.75, 3.05) is 19.7 Å². The Balaban J connectivity index is 0.00000160. The molecule has 2 heterocycles. The first-order valence-corrected chi connectivity index (χ1v) is 9.86. The SMILES string of the molecule is Cl.Cl.OC[C@@H]1O[C@H](CNCc2ccc(F)cc2)[C@H](N2CCc3ccccc3C2)[C@@H]1O. The number of nitrogens with zero attached hydrogens (tertiary/aromatic N) is 1. The molecule has 0 bridgehead atoms. The van der Waals surface area contributed by atoms with Crippen LogP contribution >= 0.6 is 24.8 Å². The van der Waals surface area contributed by atoms with Crippen LogP contribution in [0.3, 0.4) is 0 Å². The van der Waals surface area contributed by atoms with Crippen LogP contribution in [-0.2, 0) is 24.2 Å². The van der Waals surface area contributed by atoms with Crippen LogP contribution in [0.1, 0.15) is 16.7 Å². The van der Waals surface area contributed by atoms with Gasteiger partial charge in [-0.25, -0.2) is 4.39 Å². The first-order valence-electron chi connectivity index (χ1n) is 9.86. The van der Waals surface area contributed by atoms with E-state index < -0.39 is 12.2 Å². The fourth-order valence-electron chi connectivity index (χ4n) is 4.33. The number of nitrogens with one attached hydrogen (secondary N) is 1. The highest BCUT2D eigenvalue weighted by Crippen LogP contribution is 2.30. The van der Waals surface area contributed by atoms with E-state index >= 15 is 0 Å². The Hall–Kier alpha value is -1.25. The molecule has 30 heavy (non-hydrogen) atoms. The third-order valence-electron chi connectivity index (χ3n) is 5.81. The van der Waals surface area contributed by atoms with Gasteiger partial charge in [-0.15, -0.1) is 24.8 Å². The number of ether oxygens (including phenoxy) is 1. The standard InChI is InChI=1S/C22H27FN2O3.2ClH/c23-18-7-5-15(6-8-18)11-24-12-19-21(22(27)20(14-26)28-19)25-10-9-16-3-1-2-4-17(16)13-25;;/h1-8,19-22,24,26-27H,9-14H2;2*1H/t19-,20+,21+,22-;;/m1../s1. The normalized spacial score (nSPS) is 25.8. The van der Waals surface area contributed by atoms with Crippen molar-refractivity contribution >= 4 is 24.8 Å². The molecule has 3 N–H and O–H groups in total. The smallest absolute Gasteiger partial charge is 0.123 e. The van der Waals surface area contributed by atoms with E-state index in [0.29, 0.717) is 13.1 Å². The van der Waals surface area contributed by atoms with Gasteiger partial charge in [0.25, 0.3) is 0 Å². The third kappa shape index (κ3) is 5.51. The van der Waals surface area contributed by atoms with Gasteiger partial charge >= 0.3 is 0 Å². The summed E-state index contributed by atoms with van der Waals surface area (Å²) in [5.74, 6) is -0.248. The Labute approximate surface area is 189 Å². The summed E-state index contributed by atoms with van der Waals surface area (Å²) in [6.45, 7) is 2.57. The van der Waals surface area contributed by atoms with Crippen molar-refractivity contribution in [2.45, 2.75) is 43.9 Å². The molecule has 4 atom stereocenters. The maximum absolute atomic E-state index is 13.0. The van der Waals surface area contributed by atoms with Crippen molar-refractivity contribution < 1.29 is 19.3 Å². The first kappa shape index (κ1) is 25.0. The molecule has 0 radical (unpaired) electrons. The van der Waals surface area contributed by atoms with Gasteiger partial charge in [-0.2, -0.15) is 0 Å². The van der Waals surface area contributed by atoms with E-state index in [0.717, 1.165) is 25.1 Å². The average molecular weight is 459 g/mol. The van der Waals surface area contributed by atoms with Crippen LogP contribution in [0.25, 0.3) is 0 Å². The molecule has 2 aliphatic rings. The summed E-state index contributed by atoms with van der Waals surface area (Å²) >= 11 is 0. The van der Waals surface area contributed by atoms with Crippen molar-refractivity contribution in [1.82, 2.24) is 10.2 Å². The monoisotopic (exact) mass is 458 g/mol. The number of aliphatic hydroxyl groups is 2. The van der Waals surface area contributed by atoms with E-state index in [-0.39, 0.29) is 49.4 Å². The molecule has 4 rings (SSSR count). The van der Waals surface area contributed by atoms with Crippen LogP contribution in [0, 0.1) is 5.82 Å². The summed E-state index contributed by atoms with van der Waals surface area (Å²) in [5.41, 5.74) is 3.63. The number of rotatable bonds is 6. The molecule has 8 heteroatoms. The van der Waals surface area contributed by atoms with Crippen molar-refractivity contribution in [1.29, 1.82) is 0 Å². The van der Waals surface area contributed by atoms with Crippen LogP contribution in [0.4, 0.5) is 4.39 Å². The summed E-state index contributed by atoms with van der Waals surface area (Å²) in [4.78, 5) is 2.27. The molecule has 0 aliphatic carbocycles. The number of benzene rings is 2. The largest absolute Gasteiger partial charge is 0.394 e. The zero-order chi connectivity index (χ0) is 19.5. The van der Waals surface area contributed by atoms with Gasteiger partial charge in [0.1, 0.15) is 18.0 Å². The fourth-order valence-corrected chi connectivity index (χ4v) is 4.33. The van der Waals surface area contributed by atoms with E-state index in [1.165, 1.54) is 23.3 Å². The lowest BCUT2D eigenvalue weighted by Crippen LogP contribution is -2.52. The Morgan fingerprint density at radius 1 is 1.03 bits per heavy atom. The maximum atomic E-state index is 13.0. The number of hydrogen-bond acceptors (Lipinski definition) is 5. The topological polar surface area (TPSA) is 65.0 Å². The number of hydrogen-bond donors (Lipinski definition) is 3. The van der Waals surface area contributed by atoms with Crippen molar-refractivity contribution in [2.24, 2.45) is 0 Å². The molecule has 166 valence electrons. The summed E-state index contributed by atoms with van der Waals surface area (Å²) in [6.07, 6.45) is -0.579. The van der Waals surface area contributed by atoms with Gasteiger partial charge in [0, 0.05) is 26.2 Å². The zero-order valence-corrected chi connectivity index (χ0v) is 18.2. The quantitative estimate of drug-likeness (QED) is 0.619. The molecule has 0 amide bonds. The lowest BCUT2D eigenvalue weighted by atomic mass is 9.95. The minimum absolute atomic E-state index is 0. The molecule has 0 saturated carbocycles. The molecule has 1 saturated heterocycles. The Bertz CT molecular complexity index is 796. The number of fused-ring (bicyclic) bond motifs is 1. The summed E-state index contributed by atoms with van der Waals surface area (Å²) in [6, 6.07) is 14.6. The van der Waals surface area contributed by atoms with Gasteiger partial charge in [0.2, 0.25) is 0 Å². The molecule has 2 aromatic rings. The van der Waals surface area contributed by atoms with Gasteiger partial charge in [-0.1, -0.05) is 36.4 Å². The minimum atomic E-state index is -0.729.